The van der Waals surface area contributed by atoms with Gasteiger partial charge < -0.3 is 20.1 Å². The molecule has 0 bridgehead atoms. The van der Waals surface area contributed by atoms with Crippen molar-refractivity contribution in [2.45, 2.75) is 53.6 Å². The second-order valence-electron chi connectivity index (χ2n) is 6.27. The maximum Gasteiger partial charge on any atom is 0.190 e. The summed E-state index contributed by atoms with van der Waals surface area (Å²) in [6.07, 6.45) is 2.28. The fourth-order valence-corrected chi connectivity index (χ4v) is 2.08. The van der Waals surface area contributed by atoms with Gasteiger partial charge in [0.05, 0.1) is 6.10 Å². The highest BCUT2D eigenvalue weighted by Gasteiger charge is 2.12. The molecule has 0 rings (SSSR count). The zero-order valence-corrected chi connectivity index (χ0v) is 18.2. The minimum atomic E-state index is 0. The van der Waals surface area contributed by atoms with Gasteiger partial charge in [0, 0.05) is 40.0 Å². The molecule has 0 aliphatic rings. The molecule has 5 nitrogen and oxygen atoms in total. The zero-order valence-electron chi connectivity index (χ0n) is 15.9. The van der Waals surface area contributed by atoms with Crippen molar-refractivity contribution < 1.29 is 9.47 Å². The summed E-state index contributed by atoms with van der Waals surface area (Å²) in [5.74, 6) is 1.99. The summed E-state index contributed by atoms with van der Waals surface area (Å²) in [6.45, 7) is 14.9. The highest BCUT2D eigenvalue weighted by atomic mass is 127. The van der Waals surface area contributed by atoms with Crippen molar-refractivity contribution in [3.63, 3.8) is 0 Å². The summed E-state index contributed by atoms with van der Waals surface area (Å²) < 4.78 is 11.3. The van der Waals surface area contributed by atoms with Crippen LogP contribution < -0.4 is 10.6 Å². The molecule has 0 heterocycles. The molecule has 140 valence electrons. The van der Waals surface area contributed by atoms with Gasteiger partial charge in [-0.05, 0) is 31.6 Å². The standard InChI is InChI=1S/C17H37N3O2.HI/c1-7-22-16(15(4)5)9-11-20-17(18-6)19-10-8-12-21-13-14(2)3;/h14-16H,7-13H2,1-6H3,(H2,18,19,20);1H. The van der Waals surface area contributed by atoms with Gasteiger partial charge in [-0.1, -0.05) is 27.7 Å². The minimum Gasteiger partial charge on any atom is -0.381 e. The first-order valence-corrected chi connectivity index (χ1v) is 8.65. The second kappa shape index (κ2) is 16.8. The van der Waals surface area contributed by atoms with Gasteiger partial charge in [-0.2, -0.15) is 0 Å². The lowest BCUT2D eigenvalue weighted by atomic mass is 10.0. The van der Waals surface area contributed by atoms with Crippen LogP contribution in [0.3, 0.4) is 0 Å². The maximum atomic E-state index is 5.75. The molecule has 0 spiro atoms. The van der Waals surface area contributed by atoms with Gasteiger partial charge >= 0.3 is 0 Å². The monoisotopic (exact) mass is 443 g/mol. The van der Waals surface area contributed by atoms with Crippen molar-refractivity contribution >= 4 is 29.9 Å². The molecule has 1 unspecified atom stereocenters. The topological polar surface area (TPSA) is 54.9 Å². The number of rotatable bonds is 12. The first-order chi connectivity index (χ1) is 10.5. The first-order valence-electron chi connectivity index (χ1n) is 8.65. The lowest BCUT2D eigenvalue weighted by molar-refractivity contribution is 0.0258. The number of aliphatic imine (C=N–C) groups is 1. The summed E-state index contributed by atoms with van der Waals surface area (Å²) in [5.41, 5.74) is 0. The molecule has 0 radical (unpaired) electrons. The quantitative estimate of drug-likeness (QED) is 0.210. The van der Waals surface area contributed by atoms with Gasteiger partial charge in [-0.3, -0.25) is 4.99 Å². The van der Waals surface area contributed by atoms with E-state index in [0.29, 0.717) is 17.9 Å². The number of halogens is 1. The number of nitrogens with zero attached hydrogens (tertiary/aromatic N) is 1. The number of nitrogens with one attached hydrogen (secondary N) is 2. The molecule has 0 aromatic heterocycles. The van der Waals surface area contributed by atoms with Gasteiger partial charge in [0.15, 0.2) is 5.96 Å². The van der Waals surface area contributed by atoms with Gasteiger partial charge in [-0.15, -0.1) is 24.0 Å². The Balaban J connectivity index is 0. The van der Waals surface area contributed by atoms with Crippen LogP contribution in [0.1, 0.15) is 47.5 Å². The largest absolute Gasteiger partial charge is 0.381 e. The lowest BCUT2D eigenvalue weighted by Gasteiger charge is -2.21. The number of ether oxygens (including phenoxy) is 2. The third-order valence-electron chi connectivity index (χ3n) is 3.28. The predicted octanol–water partition coefficient (Wildman–Crippen LogP) is 3.28. The molecule has 0 aliphatic carbocycles. The Morgan fingerprint density at radius 1 is 1.09 bits per heavy atom. The fraction of sp³-hybridized carbons (Fsp3) is 0.941. The van der Waals surface area contributed by atoms with Crippen LogP contribution in [0.2, 0.25) is 0 Å². The van der Waals surface area contributed by atoms with Crippen LogP contribution in [0.5, 0.6) is 0 Å². The van der Waals surface area contributed by atoms with E-state index in [-0.39, 0.29) is 24.0 Å². The van der Waals surface area contributed by atoms with Crippen LogP contribution in [-0.4, -0.2) is 52.0 Å². The van der Waals surface area contributed by atoms with Crippen molar-refractivity contribution in [3.8, 4) is 0 Å². The molecule has 0 saturated heterocycles. The highest BCUT2D eigenvalue weighted by molar-refractivity contribution is 14.0. The molecule has 0 aliphatic heterocycles. The minimum absolute atomic E-state index is 0. The van der Waals surface area contributed by atoms with Crippen LogP contribution >= 0.6 is 24.0 Å². The second-order valence-corrected chi connectivity index (χ2v) is 6.27. The van der Waals surface area contributed by atoms with Gasteiger partial charge in [0.25, 0.3) is 0 Å². The Morgan fingerprint density at radius 2 is 1.74 bits per heavy atom. The molecule has 0 aromatic rings. The Bertz CT molecular complexity index is 287. The van der Waals surface area contributed by atoms with Crippen LogP contribution in [0.15, 0.2) is 4.99 Å². The number of hydrogen-bond acceptors (Lipinski definition) is 3. The lowest BCUT2D eigenvalue weighted by Crippen LogP contribution is -2.39. The summed E-state index contributed by atoms with van der Waals surface area (Å²) in [4.78, 5) is 4.23. The summed E-state index contributed by atoms with van der Waals surface area (Å²) in [7, 11) is 1.80. The summed E-state index contributed by atoms with van der Waals surface area (Å²) >= 11 is 0. The van der Waals surface area contributed by atoms with Crippen molar-refractivity contribution in [1.29, 1.82) is 0 Å². The molecule has 2 N–H and O–H groups in total. The van der Waals surface area contributed by atoms with E-state index < -0.39 is 0 Å². The zero-order chi connectivity index (χ0) is 16.8. The van der Waals surface area contributed by atoms with E-state index in [1.165, 1.54) is 0 Å². The Morgan fingerprint density at radius 3 is 2.26 bits per heavy atom. The van der Waals surface area contributed by atoms with Gasteiger partial charge in [0.1, 0.15) is 0 Å². The molecule has 6 heteroatoms. The van der Waals surface area contributed by atoms with E-state index in [1.807, 2.05) is 6.92 Å². The third-order valence-corrected chi connectivity index (χ3v) is 3.28. The first kappa shape index (κ1) is 25.2. The molecule has 0 fully saturated rings. The molecule has 23 heavy (non-hydrogen) atoms. The number of hydrogen-bond donors (Lipinski definition) is 2. The Hall–Kier alpha value is -0.0800. The maximum absolute atomic E-state index is 5.75. The number of guanidine groups is 1. The molecule has 0 amide bonds. The fourth-order valence-electron chi connectivity index (χ4n) is 2.08. The smallest absolute Gasteiger partial charge is 0.190 e. The molecule has 0 saturated carbocycles. The van der Waals surface area contributed by atoms with Crippen LogP contribution in [0.4, 0.5) is 0 Å². The molecule has 0 aromatic carbocycles. The van der Waals surface area contributed by atoms with E-state index >= 15 is 0 Å². The SMILES string of the molecule is CCOC(CCNC(=NC)NCCCOCC(C)C)C(C)C.I. The van der Waals surface area contributed by atoms with E-state index in [4.69, 9.17) is 9.47 Å². The summed E-state index contributed by atoms with van der Waals surface area (Å²) in [5, 5.41) is 6.65. The van der Waals surface area contributed by atoms with E-state index in [0.717, 1.165) is 51.7 Å². The van der Waals surface area contributed by atoms with Gasteiger partial charge in [-0.25, -0.2) is 0 Å². The normalized spacial score (nSPS) is 13.1. The van der Waals surface area contributed by atoms with E-state index in [1.54, 1.807) is 7.05 Å². The van der Waals surface area contributed by atoms with E-state index in [9.17, 15) is 0 Å². The van der Waals surface area contributed by atoms with E-state index in [2.05, 4.69) is 43.3 Å². The average molecular weight is 443 g/mol. The molecular formula is C17H38IN3O2. The van der Waals surface area contributed by atoms with Crippen molar-refractivity contribution in [3.05, 3.63) is 0 Å². The van der Waals surface area contributed by atoms with Crippen molar-refractivity contribution in [2.24, 2.45) is 16.8 Å². The Labute approximate surface area is 160 Å². The predicted molar refractivity (Wildman–Crippen MR) is 110 cm³/mol. The van der Waals surface area contributed by atoms with Crippen LogP contribution in [0.25, 0.3) is 0 Å². The molecular weight excluding hydrogens is 405 g/mol. The van der Waals surface area contributed by atoms with Gasteiger partial charge in [0.2, 0.25) is 0 Å². The van der Waals surface area contributed by atoms with Crippen LogP contribution in [-0.2, 0) is 9.47 Å². The highest BCUT2D eigenvalue weighted by Crippen LogP contribution is 2.09. The summed E-state index contributed by atoms with van der Waals surface area (Å²) in [6, 6.07) is 0. The van der Waals surface area contributed by atoms with Crippen LogP contribution in [0, 0.1) is 11.8 Å². The molecule has 1 atom stereocenters. The average Bonchev–Trinajstić information content (AvgIpc) is 2.47. The third kappa shape index (κ3) is 15.2. The van der Waals surface area contributed by atoms with Crippen molar-refractivity contribution in [2.75, 3.05) is 40.0 Å². The van der Waals surface area contributed by atoms with Crippen molar-refractivity contribution in [1.82, 2.24) is 10.6 Å². The Kier molecular flexibility index (Phi) is 18.3.